The number of rotatable bonds is 4. The molecule has 0 aliphatic heterocycles. The summed E-state index contributed by atoms with van der Waals surface area (Å²) in [5.74, 6) is 0.757. The number of hydrogen-bond donors (Lipinski definition) is 1. The molecule has 0 radical (unpaired) electrons. The monoisotopic (exact) mass is 250 g/mol. The molecule has 0 saturated heterocycles. The molecule has 102 valence electrons. The third kappa shape index (κ3) is 2.97. The highest BCUT2D eigenvalue weighted by molar-refractivity contribution is 5.10. The van der Waals surface area contributed by atoms with Gasteiger partial charge in [0.2, 0.25) is 0 Å². The van der Waals surface area contributed by atoms with Crippen molar-refractivity contribution in [2.24, 2.45) is 11.3 Å². The predicted molar refractivity (Wildman–Crippen MR) is 73.4 cm³/mol. The molecular weight excluding hydrogens is 224 g/mol. The Morgan fingerprint density at radius 1 is 1.39 bits per heavy atom. The van der Waals surface area contributed by atoms with Crippen LogP contribution in [0.25, 0.3) is 0 Å². The molecule has 1 fully saturated rings. The third-order valence-electron chi connectivity index (χ3n) is 5.05. The fraction of sp³-hybridized carbons (Fsp3) is 0.750. The Labute approximate surface area is 110 Å². The summed E-state index contributed by atoms with van der Waals surface area (Å²) in [6, 6.07) is 1.96. The van der Waals surface area contributed by atoms with Gasteiger partial charge in [0.15, 0.2) is 0 Å². The molecule has 2 rings (SSSR count). The summed E-state index contributed by atoms with van der Waals surface area (Å²) in [6.45, 7) is 6.99. The van der Waals surface area contributed by atoms with Crippen molar-refractivity contribution in [1.82, 2.24) is 0 Å². The zero-order chi connectivity index (χ0) is 13.2. The lowest BCUT2D eigenvalue weighted by Gasteiger charge is -2.42. The van der Waals surface area contributed by atoms with Crippen molar-refractivity contribution in [3.8, 4) is 0 Å². The van der Waals surface area contributed by atoms with E-state index in [-0.39, 0.29) is 0 Å². The van der Waals surface area contributed by atoms with Gasteiger partial charge in [0.1, 0.15) is 0 Å². The van der Waals surface area contributed by atoms with Crippen molar-refractivity contribution in [3.05, 3.63) is 24.2 Å². The van der Waals surface area contributed by atoms with Gasteiger partial charge in [-0.25, -0.2) is 0 Å². The molecule has 0 bridgehead atoms. The van der Waals surface area contributed by atoms with Crippen LogP contribution in [0.3, 0.4) is 0 Å². The number of furan rings is 1. The largest absolute Gasteiger partial charge is 0.472 e. The van der Waals surface area contributed by atoms with Crippen LogP contribution in [0.1, 0.15) is 58.4 Å². The van der Waals surface area contributed by atoms with Gasteiger partial charge >= 0.3 is 0 Å². The second-order valence-electron chi connectivity index (χ2n) is 6.65. The summed E-state index contributed by atoms with van der Waals surface area (Å²) in [7, 11) is 0. The van der Waals surface area contributed by atoms with Gasteiger partial charge in [0.05, 0.1) is 18.1 Å². The Bertz CT molecular complexity index is 356. The van der Waals surface area contributed by atoms with Crippen LogP contribution in [0, 0.1) is 11.3 Å². The van der Waals surface area contributed by atoms with Gasteiger partial charge in [-0.2, -0.15) is 0 Å². The summed E-state index contributed by atoms with van der Waals surface area (Å²) in [5.41, 5.74) is 1.02. The molecule has 1 saturated carbocycles. The van der Waals surface area contributed by atoms with Crippen molar-refractivity contribution in [2.75, 3.05) is 0 Å². The first-order valence-electron chi connectivity index (χ1n) is 7.19. The average Bonchev–Trinajstić information content (AvgIpc) is 2.82. The Morgan fingerprint density at radius 2 is 2.06 bits per heavy atom. The Morgan fingerprint density at radius 3 is 2.56 bits per heavy atom. The molecule has 1 aromatic heterocycles. The van der Waals surface area contributed by atoms with Gasteiger partial charge in [-0.15, -0.1) is 0 Å². The molecule has 0 spiro atoms. The minimum atomic E-state index is -0.510. The first kappa shape index (κ1) is 13.7. The van der Waals surface area contributed by atoms with Crippen LogP contribution in [0.4, 0.5) is 0 Å². The van der Waals surface area contributed by atoms with Gasteiger partial charge in [0, 0.05) is 6.42 Å². The van der Waals surface area contributed by atoms with E-state index in [2.05, 4.69) is 20.8 Å². The summed E-state index contributed by atoms with van der Waals surface area (Å²) in [4.78, 5) is 0. The second-order valence-corrected chi connectivity index (χ2v) is 6.65. The first-order valence-corrected chi connectivity index (χ1v) is 7.19. The van der Waals surface area contributed by atoms with E-state index in [1.165, 1.54) is 6.42 Å². The number of hydrogen-bond acceptors (Lipinski definition) is 2. The lowest BCUT2D eigenvalue weighted by atomic mass is 9.65. The summed E-state index contributed by atoms with van der Waals surface area (Å²) in [6.07, 6.45) is 9.54. The molecule has 1 aliphatic carbocycles. The van der Waals surface area contributed by atoms with Crippen molar-refractivity contribution in [3.63, 3.8) is 0 Å². The predicted octanol–water partition coefficient (Wildman–Crippen LogP) is 4.18. The lowest BCUT2D eigenvalue weighted by molar-refractivity contribution is -0.0277. The second kappa shape index (κ2) is 5.08. The molecule has 1 heterocycles. The summed E-state index contributed by atoms with van der Waals surface area (Å²) >= 11 is 0. The third-order valence-corrected chi connectivity index (χ3v) is 5.05. The minimum absolute atomic E-state index is 0.414. The van der Waals surface area contributed by atoms with Crippen molar-refractivity contribution in [1.29, 1.82) is 0 Å². The summed E-state index contributed by atoms with van der Waals surface area (Å²) < 4.78 is 5.08. The smallest absolute Gasteiger partial charge is 0.0935 e. The Hall–Kier alpha value is -0.760. The van der Waals surface area contributed by atoms with E-state index in [1.54, 1.807) is 12.5 Å². The highest BCUT2D eigenvalue weighted by Gasteiger charge is 2.38. The van der Waals surface area contributed by atoms with Gasteiger partial charge in [-0.05, 0) is 48.6 Å². The van der Waals surface area contributed by atoms with E-state index in [0.29, 0.717) is 5.41 Å². The Kier molecular flexibility index (Phi) is 3.86. The zero-order valence-electron chi connectivity index (χ0n) is 11.9. The number of aliphatic hydroxyl groups is 1. The van der Waals surface area contributed by atoms with Crippen LogP contribution < -0.4 is 0 Å². The molecular formula is C16H26O2. The van der Waals surface area contributed by atoms with E-state index in [4.69, 9.17) is 4.42 Å². The molecule has 0 atom stereocenters. The van der Waals surface area contributed by atoms with E-state index in [0.717, 1.165) is 43.6 Å². The quantitative estimate of drug-likeness (QED) is 0.869. The SMILES string of the molecule is CCC(C)(C)C1CCC(O)(Cc2ccoc2)CC1. The molecule has 1 N–H and O–H groups in total. The topological polar surface area (TPSA) is 33.4 Å². The van der Waals surface area contributed by atoms with E-state index in [1.807, 2.05) is 6.07 Å². The summed E-state index contributed by atoms with van der Waals surface area (Å²) in [5, 5.41) is 10.7. The fourth-order valence-electron chi connectivity index (χ4n) is 3.18. The van der Waals surface area contributed by atoms with Gasteiger partial charge < -0.3 is 9.52 Å². The average molecular weight is 250 g/mol. The maximum Gasteiger partial charge on any atom is 0.0935 e. The highest BCUT2D eigenvalue weighted by Crippen LogP contribution is 2.44. The lowest BCUT2D eigenvalue weighted by Crippen LogP contribution is -2.39. The van der Waals surface area contributed by atoms with Crippen LogP contribution in [0.15, 0.2) is 23.0 Å². The molecule has 0 aromatic carbocycles. The van der Waals surface area contributed by atoms with E-state index < -0.39 is 5.60 Å². The molecule has 0 unspecified atom stereocenters. The van der Waals surface area contributed by atoms with E-state index >= 15 is 0 Å². The van der Waals surface area contributed by atoms with Crippen LogP contribution in [-0.2, 0) is 6.42 Å². The van der Waals surface area contributed by atoms with Crippen molar-refractivity contribution in [2.45, 2.75) is 64.9 Å². The van der Waals surface area contributed by atoms with Gasteiger partial charge in [0.25, 0.3) is 0 Å². The molecule has 1 aliphatic rings. The van der Waals surface area contributed by atoms with Gasteiger partial charge in [-0.3, -0.25) is 0 Å². The zero-order valence-corrected chi connectivity index (χ0v) is 11.9. The standard InChI is InChI=1S/C16H26O2/c1-4-15(2,3)14-5-8-16(17,9-6-14)11-13-7-10-18-12-13/h7,10,12,14,17H,4-6,8-9,11H2,1-3H3. The van der Waals surface area contributed by atoms with Crippen LogP contribution >= 0.6 is 0 Å². The molecule has 18 heavy (non-hydrogen) atoms. The fourth-order valence-corrected chi connectivity index (χ4v) is 3.18. The van der Waals surface area contributed by atoms with E-state index in [9.17, 15) is 5.11 Å². The van der Waals surface area contributed by atoms with Crippen molar-refractivity contribution < 1.29 is 9.52 Å². The van der Waals surface area contributed by atoms with Gasteiger partial charge in [-0.1, -0.05) is 27.2 Å². The van der Waals surface area contributed by atoms with Crippen LogP contribution in [0.5, 0.6) is 0 Å². The molecule has 1 aromatic rings. The molecule has 0 amide bonds. The molecule has 2 nitrogen and oxygen atoms in total. The normalized spacial score (nSPS) is 29.4. The molecule has 2 heteroatoms. The minimum Gasteiger partial charge on any atom is -0.472 e. The Balaban J connectivity index is 1.93. The maximum absolute atomic E-state index is 10.7. The maximum atomic E-state index is 10.7. The highest BCUT2D eigenvalue weighted by atomic mass is 16.3. The van der Waals surface area contributed by atoms with Crippen LogP contribution in [-0.4, -0.2) is 10.7 Å². The first-order chi connectivity index (χ1) is 8.45. The van der Waals surface area contributed by atoms with Crippen LogP contribution in [0.2, 0.25) is 0 Å². The van der Waals surface area contributed by atoms with Crippen molar-refractivity contribution >= 4 is 0 Å².